The number of hydrogen-bond donors (Lipinski definition) is 2. The van der Waals surface area contributed by atoms with E-state index in [9.17, 15) is 9.90 Å². The van der Waals surface area contributed by atoms with E-state index in [0.29, 0.717) is 41.9 Å². The number of carboxylic acid groups (broad SMARTS) is 1. The highest BCUT2D eigenvalue weighted by Gasteiger charge is 2.30. The smallest absolute Gasteiger partial charge is 0.374 e. The Bertz CT molecular complexity index is 1620. The molecule has 2 aromatic heterocycles. The molecule has 10 nitrogen and oxygen atoms in total. The topological polar surface area (TPSA) is 109 Å². The Kier molecular flexibility index (Phi) is 8.81. The lowest BCUT2D eigenvalue weighted by atomic mass is 10.1. The van der Waals surface area contributed by atoms with E-state index in [1.54, 1.807) is 0 Å². The van der Waals surface area contributed by atoms with Gasteiger partial charge in [-0.15, -0.1) is 0 Å². The lowest BCUT2D eigenvalue weighted by Crippen LogP contribution is -2.44. The van der Waals surface area contributed by atoms with E-state index in [4.69, 9.17) is 9.72 Å². The van der Waals surface area contributed by atoms with Gasteiger partial charge in [0.15, 0.2) is 11.5 Å². The van der Waals surface area contributed by atoms with E-state index in [2.05, 4.69) is 93.9 Å². The first-order chi connectivity index (χ1) is 21.2. The molecule has 0 bridgehead atoms. The van der Waals surface area contributed by atoms with Crippen molar-refractivity contribution < 1.29 is 14.6 Å². The van der Waals surface area contributed by atoms with Crippen LogP contribution in [0.15, 0.2) is 42.5 Å². The van der Waals surface area contributed by atoms with Crippen LogP contribution >= 0.6 is 0 Å². The van der Waals surface area contributed by atoms with E-state index in [-0.39, 0.29) is 11.9 Å². The average molecular weight is 598 g/mol. The number of anilines is 1. The largest absolute Gasteiger partial charge is 0.493 e. The number of nitrogens with zero attached hydrogens (tertiary/aromatic N) is 6. The van der Waals surface area contributed by atoms with Gasteiger partial charge in [0.2, 0.25) is 5.82 Å². The summed E-state index contributed by atoms with van der Waals surface area (Å²) in [5.74, 6) is 1.03. The molecule has 0 amide bonds. The lowest BCUT2D eigenvalue weighted by molar-refractivity contribution is 0.0684. The SMILES string of the molecule is Cc1ccc(Cn2c(-c3cc(C)ccc3OCCCN3CCN(C)CC3)nc3nc(C(=O)O)nc(NC(C)C4CC4)c32)cc1. The van der Waals surface area contributed by atoms with E-state index in [0.717, 1.165) is 74.4 Å². The van der Waals surface area contributed by atoms with Gasteiger partial charge in [-0.25, -0.2) is 19.7 Å². The number of piperazine rings is 1. The third kappa shape index (κ3) is 6.87. The number of ether oxygens (including phenoxy) is 1. The van der Waals surface area contributed by atoms with Crippen molar-refractivity contribution in [2.45, 2.75) is 52.6 Å². The zero-order valence-electron chi connectivity index (χ0n) is 26.2. The van der Waals surface area contributed by atoms with Crippen LogP contribution < -0.4 is 10.1 Å². The molecule has 232 valence electrons. The molecule has 44 heavy (non-hydrogen) atoms. The molecule has 1 aliphatic carbocycles. The third-order valence-corrected chi connectivity index (χ3v) is 8.80. The summed E-state index contributed by atoms with van der Waals surface area (Å²) in [5, 5.41) is 13.4. The molecule has 2 aliphatic rings. The van der Waals surface area contributed by atoms with E-state index in [1.165, 1.54) is 5.56 Å². The van der Waals surface area contributed by atoms with Crippen LogP contribution in [0.5, 0.6) is 5.75 Å². The van der Waals surface area contributed by atoms with Crippen molar-refractivity contribution in [2.24, 2.45) is 5.92 Å². The number of carboxylic acids is 1. The number of likely N-dealkylation sites (N-methyl/N-ethyl adjacent to an activating group) is 1. The summed E-state index contributed by atoms with van der Waals surface area (Å²) in [6.45, 7) is 12.7. The van der Waals surface area contributed by atoms with Crippen LogP contribution in [0, 0.1) is 19.8 Å². The van der Waals surface area contributed by atoms with Crippen LogP contribution in [0.1, 0.15) is 53.5 Å². The second kappa shape index (κ2) is 12.9. The van der Waals surface area contributed by atoms with Gasteiger partial charge in [0.05, 0.1) is 12.2 Å². The molecule has 2 fully saturated rings. The van der Waals surface area contributed by atoms with Crippen molar-refractivity contribution in [3.63, 3.8) is 0 Å². The van der Waals surface area contributed by atoms with E-state index in [1.807, 2.05) is 6.07 Å². The van der Waals surface area contributed by atoms with Crippen LogP contribution in [-0.2, 0) is 6.54 Å². The van der Waals surface area contributed by atoms with Crippen LogP contribution in [0.4, 0.5) is 5.82 Å². The Labute approximate surface area is 259 Å². The number of aryl methyl sites for hydroxylation is 2. The quantitative estimate of drug-likeness (QED) is 0.216. The average Bonchev–Trinajstić information content (AvgIpc) is 3.80. The molecule has 1 saturated heterocycles. The number of carbonyl (C=O) groups is 1. The fraction of sp³-hybridized carbons (Fsp3) is 0.471. The predicted octanol–water partition coefficient (Wildman–Crippen LogP) is 5.08. The molecule has 1 unspecified atom stereocenters. The Hall–Kier alpha value is -4.02. The maximum atomic E-state index is 12.1. The number of hydrogen-bond acceptors (Lipinski definition) is 8. The van der Waals surface area contributed by atoms with Gasteiger partial charge < -0.3 is 29.5 Å². The van der Waals surface area contributed by atoms with Gasteiger partial charge in [0.25, 0.3) is 0 Å². The maximum absolute atomic E-state index is 12.1. The van der Waals surface area contributed by atoms with Gasteiger partial charge in [0.1, 0.15) is 17.1 Å². The first kappa shape index (κ1) is 30.0. The minimum Gasteiger partial charge on any atom is -0.493 e. The molecule has 1 aliphatic heterocycles. The monoisotopic (exact) mass is 597 g/mol. The summed E-state index contributed by atoms with van der Waals surface area (Å²) < 4.78 is 8.55. The van der Waals surface area contributed by atoms with Crippen molar-refractivity contribution in [1.29, 1.82) is 0 Å². The van der Waals surface area contributed by atoms with Crippen LogP contribution in [0.3, 0.4) is 0 Å². The first-order valence-electron chi connectivity index (χ1n) is 15.7. The van der Waals surface area contributed by atoms with Crippen molar-refractivity contribution in [3.8, 4) is 17.1 Å². The molecule has 1 saturated carbocycles. The Balaban J connectivity index is 1.39. The molecule has 0 spiro atoms. The molecule has 10 heteroatoms. The Morgan fingerprint density at radius 2 is 1.75 bits per heavy atom. The highest BCUT2D eigenvalue weighted by atomic mass is 16.5. The number of rotatable bonds is 12. The summed E-state index contributed by atoms with van der Waals surface area (Å²) in [6.07, 6.45) is 3.24. The van der Waals surface area contributed by atoms with Crippen LogP contribution in [0.25, 0.3) is 22.6 Å². The highest BCUT2D eigenvalue weighted by Crippen LogP contribution is 2.37. The molecule has 0 radical (unpaired) electrons. The number of nitrogens with one attached hydrogen (secondary N) is 1. The molecule has 1 atom stereocenters. The minimum absolute atomic E-state index is 0.152. The Morgan fingerprint density at radius 1 is 1.02 bits per heavy atom. The predicted molar refractivity (Wildman–Crippen MR) is 173 cm³/mol. The number of fused-ring (bicyclic) bond motifs is 1. The molecule has 4 aromatic rings. The summed E-state index contributed by atoms with van der Waals surface area (Å²) >= 11 is 0. The van der Waals surface area contributed by atoms with Crippen LogP contribution in [-0.4, -0.2) is 92.8 Å². The summed E-state index contributed by atoms with van der Waals surface area (Å²) in [7, 11) is 2.17. The molecule has 2 N–H and O–H groups in total. The van der Waals surface area contributed by atoms with Crippen LogP contribution in [0.2, 0.25) is 0 Å². The van der Waals surface area contributed by atoms with Gasteiger partial charge in [-0.2, -0.15) is 0 Å². The zero-order chi connectivity index (χ0) is 30.8. The maximum Gasteiger partial charge on any atom is 0.374 e. The normalized spacial score (nSPS) is 16.7. The third-order valence-electron chi connectivity index (χ3n) is 8.80. The van der Waals surface area contributed by atoms with E-state index >= 15 is 0 Å². The van der Waals surface area contributed by atoms with Gasteiger partial charge in [-0.1, -0.05) is 41.5 Å². The fourth-order valence-corrected chi connectivity index (χ4v) is 5.88. The number of benzene rings is 2. The lowest BCUT2D eigenvalue weighted by Gasteiger charge is -2.32. The van der Waals surface area contributed by atoms with Gasteiger partial charge >= 0.3 is 5.97 Å². The van der Waals surface area contributed by atoms with Gasteiger partial charge in [-0.05, 0) is 70.7 Å². The van der Waals surface area contributed by atoms with E-state index < -0.39 is 5.97 Å². The van der Waals surface area contributed by atoms with Crippen molar-refractivity contribution in [1.82, 2.24) is 29.3 Å². The molecular weight excluding hydrogens is 554 g/mol. The zero-order valence-corrected chi connectivity index (χ0v) is 26.2. The van der Waals surface area contributed by atoms with Crippen molar-refractivity contribution in [2.75, 3.05) is 51.7 Å². The summed E-state index contributed by atoms with van der Waals surface area (Å²) in [5.41, 5.74) is 5.27. The molecule has 2 aromatic carbocycles. The summed E-state index contributed by atoms with van der Waals surface area (Å²) in [4.78, 5) is 30.9. The Morgan fingerprint density at radius 3 is 2.45 bits per heavy atom. The van der Waals surface area contributed by atoms with Crippen molar-refractivity contribution >= 4 is 23.0 Å². The number of imidazole rings is 1. The fourth-order valence-electron chi connectivity index (χ4n) is 5.88. The number of aromatic carboxylic acids is 1. The van der Waals surface area contributed by atoms with Crippen molar-refractivity contribution in [3.05, 3.63) is 65.0 Å². The second-order valence-electron chi connectivity index (χ2n) is 12.5. The molecule has 6 rings (SSSR count). The molecular formula is C34H43N7O3. The standard InChI is InChI=1S/C34H43N7O3/c1-22-6-9-25(10-7-22)21-41-29-30(35-24(3)26-11-12-26)36-32(34(42)43)37-31(29)38-33(41)27-20-23(2)8-13-28(27)44-19-5-14-40-17-15-39(4)16-18-40/h6-10,13,20,24,26H,5,11-12,14-19,21H2,1-4H3,(H,42,43)(H,35,36,37). The summed E-state index contributed by atoms with van der Waals surface area (Å²) in [6, 6.07) is 14.7. The highest BCUT2D eigenvalue weighted by molar-refractivity contribution is 5.92. The first-order valence-corrected chi connectivity index (χ1v) is 15.7. The number of aromatic nitrogens is 4. The molecule has 3 heterocycles. The van der Waals surface area contributed by atoms with Gasteiger partial charge in [-0.3, -0.25) is 0 Å². The minimum atomic E-state index is -1.18. The second-order valence-corrected chi connectivity index (χ2v) is 12.5. The van der Waals surface area contributed by atoms with Gasteiger partial charge in [0, 0.05) is 45.3 Å².